The summed E-state index contributed by atoms with van der Waals surface area (Å²) in [5.41, 5.74) is 0. The molecule has 0 radical (unpaired) electrons. The molecule has 2 heterocycles. The lowest BCUT2D eigenvalue weighted by molar-refractivity contribution is -0.159. The van der Waals surface area contributed by atoms with Gasteiger partial charge in [0.2, 0.25) is 5.91 Å². The lowest BCUT2D eigenvalue weighted by Crippen LogP contribution is -2.56. The van der Waals surface area contributed by atoms with Crippen molar-refractivity contribution in [1.82, 2.24) is 9.80 Å². The number of fused-ring (bicyclic) bond motifs is 1. The van der Waals surface area contributed by atoms with Crippen molar-refractivity contribution in [3.05, 3.63) is 0 Å². The number of nitrogens with zero attached hydrogens (tertiary/aromatic N) is 2. The molecule has 1 atom stereocenters. The fraction of sp³-hybridized carbons (Fsp3) is 0.778. The molecule has 4 nitrogen and oxygen atoms in total. The van der Waals surface area contributed by atoms with Crippen molar-refractivity contribution in [2.45, 2.75) is 31.5 Å². The van der Waals surface area contributed by atoms with Crippen molar-refractivity contribution in [2.24, 2.45) is 0 Å². The molecular weight excluding hydrogens is 225 g/mol. The average Bonchev–Trinajstić information content (AvgIpc) is 2.58. The summed E-state index contributed by atoms with van der Waals surface area (Å²) >= 11 is 0. The number of hydrogen-bond donors (Lipinski definition) is 0. The fourth-order valence-electron chi connectivity index (χ4n) is 2.21. The molecule has 0 spiro atoms. The Labute approximate surface area is 90.0 Å². The Kier molecular flexibility index (Phi) is 2.55. The van der Waals surface area contributed by atoms with Crippen LogP contribution in [0.3, 0.4) is 0 Å². The molecule has 2 fully saturated rings. The van der Waals surface area contributed by atoms with Crippen molar-refractivity contribution in [3.63, 3.8) is 0 Å². The molecule has 3 amide bonds. The number of rotatable bonds is 1. The number of halogens is 3. The van der Waals surface area contributed by atoms with E-state index < -0.39 is 24.7 Å². The topological polar surface area (TPSA) is 40.6 Å². The zero-order valence-electron chi connectivity index (χ0n) is 8.46. The highest BCUT2D eigenvalue weighted by Gasteiger charge is 2.45. The van der Waals surface area contributed by atoms with Gasteiger partial charge in [0.05, 0.1) is 0 Å². The van der Waals surface area contributed by atoms with E-state index in [1.165, 1.54) is 4.90 Å². The van der Waals surface area contributed by atoms with Crippen LogP contribution in [0, 0.1) is 0 Å². The summed E-state index contributed by atoms with van der Waals surface area (Å²) in [5.74, 6) is -0.717. The van der Waals surface area contributed by atoms with E-state index >= 15 is 0 Å². The summed E-state index contributed by atoms with van der Waals surface area (Å²) in [5, 5.41) is 0. The maximum Gasteiger partial charge on any atom is 0.406 e. The number of urea groups is 1. The Hall–Kier alpha value is -1.27. The van der Waals surface area contributed by atoms with Gasteiger partial charge in [-0.2, -0.15) is 13.2 Å². The molecule has 0 bridgehead atoms. The Bertz CT molecular complexity index is 329. The molecule has 1 unspecified atom stereocenters. The van der Waals surface area contributed by atoms with E-state index in [-0.39, 0.29) is 12.5 Å². The van der Waals surface area contributed by atoms with Crippen molar-refractivity contribution >= 4 is 11.9 Å². The first kappa shape index (κ1) is 11.2. The molecule has 0 aromatic rings. The molecule has 2 aliphatic rings. The zero-order chi connectivity index (χ0) is 11.9. The summed E-state index contributed by atoms with van der Waals surface area (Å²) in [6.07, 6.45) is -3.05. The van der Waals surface area contributed by atoms with Crippen LogP contribution < -0.4 is 0 Å². The van der Waals surface area contributed by atoms with Crippen molar-refractivity contribution in [1.29, 1.82) is 0 Å². The third-order valence-corrected chi connectivity index (χ3v) is 2.90. The predicted molar refractivity (Wildman–Crippen MR) is 47.5 cm³/mol. The fourth-order valence-corrected chi connectivity index (χ4v) is 2.21. The zero-order valence-corrected chi connectivity index (χ0v) is 8.46. The SMILES string of the molecule is O=C1CC2CCCN2C(=O)N1CC(F)(F)F. The molecule has 0 aliphatic carbocycles. The normalized spacial score (nSPS) is 26.3. The van der Waals surface area contributed by atoms with Gasteiger partial charge < -0.3 is 4.90 Å². The van der Waals surface area contributed by atoms with E-state index in [1.807, 2.05) is 0 Å². The van der Waals surface area contributed by atoms with Crippen molar-refractivity contribution in [3.8, 4) is 0 Å². The summed E-state index contributed by atoms with van der Waals surface area (Å²) in [6, 6.07) is -0.986. The molecule has 2 rings (SSSR count). The Balaban J connectivity index is 2.13. The number of amides is 3. The Morgan fingerprint density at radius 1 is 1.31 bits per heavy atom. The largest absolute Gasteiger partial charge is 0.406 e. The van der Waals surface area contributed by atoms with Crippen LogP contribution in [0.2, 0.25) is 0 Å². The van der Waals surface area contributed by atoms with Crippen LogP contribution in [-0.4, -0.2) is 47.0 Å². The van der Waals surface area contributed by atoms with Gasteiger partial charge >= 0.3 is 12.2 Å². The third-order valence-electron chi connectivity index (χ3n) is 2.90. The van der Waals surface area contributed by atoms with Gasteiger partial charge in [0.1, 0.15) is 6.54 Å². The first-order chi connectivity index (χ1) is 7.38. The quantitative estimate of drug-likeness (QED) is 0.689. The minimum absolute atomic E-state index is 0.0157. The lowest BCUT2D eigenvalue weighted by Gasteiger charge is -2.36. The summed E-state index contributed by atoms with van der Waals surface area (Å²) in [7, 11) is 0. The molecule has 2 saturated heterocycles. The second kappa shape index (κ2) is 3.64. The highest BCUT2D eigenvalue weighted by atomic mass is 19.4. The van der Waals surface area contributed by atoms with Gasteiger partial charge in [-0.1, -0.05) is 0 Å². The maximum absolute atomic E-state index is 12.2. The van der Waals surface area contributed by atoms with Gasteiger partial charge in [-0.15, -0.1) is 0 Å². The maximum atomic E-state index is 12.2. The van der Waals surface area contributed by atoms with Gasteiger partial charge in [0, 0.05) is 19.0 Å². The van der Waals surface area contributed by atoms with Crippen molar-refractivity contribution in [2.75, 3.05) is 13.1 Å². The van der Waals surface area contributed by atoms with Crippen molar-refractivity contribution < 1.29 is 22.8 Å². The van der Waals surface area contributed by atoms with E-state index in [4.69, 9.17) is 0 Å². The molecule has 90 valence electrons. The van der Waals surface area contributed by atoms with E-state index in [0.29, 0.717) is 17.9 Å². The van der Waals surface area contributed by atoms with Crippen LogP contribution in [0.15, 0.2) is 0 Å². The number of hydrogen-bond acceptors (Lipinski definition) is 2. The summed E-state index contributed by atoms with van der Waals surface area (Å²) in [4.78, 5) is 24.7. The average molecular weight is 236 g/mol. The molecule has 16 heavy (non-hydrogen) atoms. The third kappa shape index (κ3) is 1.98. The van der Waals surface area contributed by atoms with E-state index in [9.17, 15) is 22.8 Å². The van der Waals surface area contributed by atoms with Gasteiger partial charge in [-0.3, -0.25) is 9.69 Å². The van der Waals surface area contributed by atoms with Crippen LogP contribution in [0.4, 0.5) is 18.0 Å². The Morgan fingerprint density at radius 3 is 2.62 bits per heavy atom. The van der Waals surface area contributed by atoms with Gasteiger partial charge in [0.25, 0.3) is 0 Å². The summed E-state index contributed by atoms with van der Waals surface area (Å²) < 4.78 is 36.5. The minimum atomic E-state index is -4.53. The molecule has 2 aliphatic heterocycles. The highest BCUT2D eigenvalue weighted by molar-refractivity contribution is 5.97. The van der Waals surface area contributed by atoms with E-state index in [0.717, 1.165) is 6.42 Å². The summed E-state index contributed by atoms with van der Waals surface area (Å²) in [6.45, 7) is -1.03. The molecule has 7 heteroatoms. The van der Waals surface area contributed by atoms with E-state index in [1.54, 1.807) is 0 Å². The van der Waals surface area contributed by atoms with Gasteiger partial charge in [-0.05, 0) is 12.8 Å². The smallest absolute Gasteiger partial charge is 0.321 e. The van der Waals surface area contributed by atoms with Gasteiger partial charge in [0.15, 0.2) is 0 Å². The standard InChI is InChI=1S/C9H11F3N2O2/c10-9(11,12)5-14-7(15)4-6-2-1-3-13(6)8(14)16/h6H,1-5H2. The predicted octanol–water partition coefficient (Wildman–Crippen LogP) is 1.37. The number of imide groups is 1. The molecule has 0 aromatic heterocycles. The minimum Gasteiger partial charge on any atom is -0.321 e. The second-order valence-corrected chi connectivity index (χ2v) is 4.07. The van der Waals surface area contributed by atoms with Crippen LogP contribution >= 0.6 is 0 Å². The number of alkyl halides is 3. The monoisotopic (exact) mass is 236 g/mol. The number of carbonyl (C=O) groups is 2. The van der Waals surface area contributed by atoms with Crippen LogP contribution in [0.1, 0.15) is 19.3 Å². The van der Waals surface area contributed by atoms with E-state index in [2.05, 4.69) is 0 Å². The molecule has 0 saturated carbocycles. The first-order valence-electron chi connectivity index (χ1n) is 5.06. The van der Waals surface area contributed by atoms with Crippen LogP contribution in [0.5, 0.6) is 0 Å². The molecule has 0 aromatic carbocycles. The Morgan fingerprint density at radius 2 is 2.00 bits per heavy atom. The first-order valence-corrected chi connectivity index (χ1v) is 5.06. The molecular formula is C9H11F3N2O2. The highest BCUT2D eigenvalue weighted by Crippen LogP contribution is 2.28. The van der Waals surface area contributed by atoms with Gasteiger partial charge in [-0.25, -0.2) is 4.79 Å². The van der Waals surface area contributed by atoms with Crippen LogP contribution in [-0.2, 0) is 4.79 Å². The number of carbonyl (C=O) groups excluding carboxylic acids is 2. The second-order valence-electron chi connectivity index (χ2n) is 4.07. The molecule has 0 N–H and O–H groups in total. The van der Waals surface area contributed by atoms with Crippen LogP contribution in [0.25, 0.3) is 0 Å². The lowest BCUT2D eigenvalue weighted by atomic mass is 10.1.